The average Bonchev–Trinajstić information content (AvgIpc) is 0.698. The number of ether oxygens (including phenoxy) is 18. The SMILES string of the molecule is C=CC(C)(O)CCC=C(CO)C(=O)OC1C(C)OC(OC(C)(C=C)CCC=C(CO)C(=O)OC2CC3(C(=O)OC4OC(CO)C(O)C(O)C4OC4OC(C)C(OC5OC(CO)C(O)C5O)C(OC5OC(CO)C(O)C(O)C5O)C4O)C(O)CC4(C)C(=CCC5C6(C)CCC(OC7OC(COC8OC(CO)C(O)C(O)C8OC8OCC(O)C(O)C8O)C(O)C(O)C7NC(C)=O)C(C)(C)C6CCC54C)C3CC2(C)C)C(O)C1O. The van der Waals surface area contributed by atoms with Crippen LogP contribution < -0.4 is 5.32 Å². The predicted octanol–water partition coefficient (Wildman–Crippen LogP) is -6.95. The van der Waals surface area contributed by atoms with Crippen LogP contribution in [0.3, 0.4) is 0 Å². The molecule has 26 N–H and O–H groups in total. The van der Waals surface area contributed by atoms with E-state index < -0.39 is 384 Å². The number of hydrogen-bond acceptors (Lipinski definition) is 47. The van der Waals surface area contributed by atoms with Crippen molar-refractivity contribution in [3.63, 3.8) is 0 Å². The summed E-state index contributed by atoms with van der Waals surface area (Å²) in [7, 11) is 0. The first-order valence-corrected chi connectivity index (χ1v) is 50.2. The summed E-state index contributed by atoms with van der Waals surface area (Å²) < 4.78 is 110. The highest BCUT2D eigenvalue weighted by atomic mass is 16.8. The van der Waals surface area contributed by atoms with Crippen molar-refractivity contribution in [2.75, 3.05) is 52.9 Å². The van der Waals surface area contributed by atoms with Gasteiger partial charge in [0.2, 0.25) is 12.2 Å². The van der Waals surface area contributed by atoms with E-state index in [1.54, 1.807) is 20.8 Å². The van der Waals surface area contributed by atoms with E-state index in [9.17, 15) is 137 Å². The monoisotopic (exact) mass is 2100 g/mol. The minimum absolute atomic E-state index is 0.0618. The topological polar surface area (TPSA) is 752 Å². The molecule has 0 aromatic rings. The minimum atomic E-state index is -2.30. The Morgan fingerprint density at radius 3 is 1.54 bits per heavy atom. The van der Waals surface area contributed by atoms with Gasteiger partial charge in [-0.25, -0.2) is 9.59 Å². The van der Waals surface area contributed by atoms with Crippen molar-refractivity contribution >= 4 is 23.8 Å². The van der Waals surface area contributed by atoms with E-state index in [2.05, 4.69) is 38.4 Å². The summed E-state index contributed by atoms with van der Waals surface area (Å²) in [6.07, 6.45) is -62.4. The Hall–Kier alpha value is -5.02. The lowest BCUT2D eigenvalue weighted by Crippen LogP contribution is -2.70. The molecule has 834 valence electrons. The van der Waals surface area contributed by atoms with Crippen LogP contribution in [-0.4, -0.2) is 467 Å². The molecule has 4 saturated carbocycles. The van der Waals surface area contributed by atoms with Crippen LogP contribution in [0.25, 0.3) is 0 Å². The summed E-state index contributed by atoms with van der Waals surface area (Å²) in [5.74, 6) is -5.57. The molecule has 8 heterocycles. The zero-order chi connectivity index (χ0) is 108. The molecule has 0 aromatic heterocycles. The molecule has 146 heavy (non-hydrogen) atoms. The number of carbonyl (C=O) groups excluding carboxylic acids is 4. The second kappa shape index (κ2) is 46.9. The maximum absolute atomic E-state index is 16.9. The van der Waals surface area contributed by atoms with Gasteiger partial charge >= 0.3 is 17.9 Å². The Labute approximate surface area is 844 Å². The van der Waals surface area contributed by atoms with Gasteiger partial charge in [0.05, 0.1) is 99.6 Å². The Morgan fingerprint density at radius 2 is 0.959 bits per heavy atom. The molecule has 1 amide bonds. The third-order valence-electron chi connectivity index (χ3n) is 34.0. The van der Waals surface area contributed by atoms with E-state index in [4.69, 9.17) is 85.3 Å². The Balaban J connectivity index is 0.788. The molecule has 0 spiro atoms. The van der Waals surface area contributed by atoms with Crippen molar-refractivity contribution in [2.45, 2.75) is 423 Å². The highest BCUT2D eigenvalue weighted by Gasteiger charge is 2.74. The average molecular weight is 2100 g/mol. The normalized spacial score (nSPS) is 47.4. The lowest BCUT2D eigenvalue weighted by Gasteiger charge is -2.72. The van der Waals surface area contributed by atoms with E-state index in [0.29, 0.717) is 37.7 Å². The van der Waals surface area contributed by atoms with Gasteiger partial charge in [-0.05, 0) is 138 Å². The smallest absolute Gasteiger partial charge is 0.336 e. The summed E-state index contributed by atoms with van der Waals surface area (Å²) in [6, 6.07) is -1.42. The van der Waals surface area contributed by atoms with Crippen LogP contribution in [0.1, 0.15) is 160 Å². The lowest BCUT2D eigenvalue weighted by molar-refractivity contribution is -0.390. The summed E-state index contributed by atoms with van der Waals surface area (Å²) >= 11 is 0. The van der Waals surface area contributed by atoms with Crippen LogP contribution in [0.15, 0.2) is 60.3 Å². The number of rotatable bonds is 36. The van der Waals surface area contributed by atoms with Crippen molar-refractivity contribution in [2.24, 2.45) is 50.2 Å². The number of aliphatic hydroxyl groups is 25. The third-order valence-corrected chi connectivity index (χ3v) is 34.0. The number of aliphatic hydroxyl groups excluding tert-OH is 24. The maximum Gasteiger partial charge on any atom is 0.336 e. The maximum atomic E-state index is 16.9. The van der Waals surface area contributed by atoms with Gasteiger partial charge in [0.1, 0.15) is 170 Å². The van der Waals surface area contributed by atoms with Gasteiger partial charge in [0.25, 0.3) is 0 Å². The number of hydrogen-bond donors (Lipinski definition) is 26. The first-order valence-electron chi connectivity index (χ1n) is 50.2. The zero-order valence-electron chi connectivity index (χ0n) is 84.0. The molecule has 13 rings (SSSR count). The fourth-order valence-corrected chi connectivity index (χ4v) is 24.7. The summed E-state index contributed by atoms with van der Waals surface area (Å²) in [6.45, 7) is 21.9. The molecule has 0 bridgehead atoms. The minimum Gasteiger partial charge on any atom is -0.458 e. The molecule has 0 radical (unpaired) electrons. The highest BCUT2D eigenvalue weighted by molar-refractivity contribution is 5.89. The summed E-state index contributed by atoms with van der Waals surface area (Å²) in [5, 5.41) is 282. The standard InChI is InChI=1S/C98H155NO47/c1-15-93(10,128)25-17-19-44(33-101)81(126)140-75-40(3)132-87(73(123)69(75)119)146-94(11,16-2)26-18-20-43(32-100)80(125)138-57-31-98(90(127)145-89-79(68(118)62(112)50(36-104)136-89)144-86-74(124)77(142-85-72(122)66(116)60(110)48(34-102)133-85)76(41(4)131-86)141-84-71(121)63(113)51(37-105)134-84)46(29-91(57,6)7)45-21-22-54-95(12)27-24-56(92(8,9)53(95)23-28-96(54,13)97(45,14)30-55(98)108)139-82-58(99-42(5)106)65(115)64(114)52(137-82)39-130-88-78(67(117)61(111)49(35-103)135-88)143-83-70(120)59(109)47(107)38-129-83/h15-16,19-21,40-41,46-79,82-89,100-105,107-124,128H,1-2,17-18,22-39H2,3-14H3,(H,99,106). The lowest BCUT2D eigenvalue weighted by atomic mass is 9.33. The van der Waals surface area contributed by atoms with Gasteiger partial charge in [-0.15, -0.1) is 13.2 Å². The van der Waals surface area contributed by atoms with Crippen LogP contribution in [0.5, 0.6) is 0 Å². The predicted molar refractivity (Wildman–Crippen MR) is 491 cm³/mol. The molecule has 5 aliphatic carbocycles. The number of esters is 3. The van der Waals surface area contributed by atoms with Crippen molar-refractivity contribution in [3.8, 4) is 0 Å². The zero-order valence-corrected chi connectivity index (χ0v) is 84.0. The Morgan fingerprint density at radius 1 is 0.473 bits per heavy atom. The Bertz CT molecular complexity index is 4510. The van der Waals surface area contributed by atoms with E-state index >= 15 is 9.59 Å². The highest BCUT2D eigenvalue weighted by Crippen LogP contribution is 2.76. The number of allylic oxidation sites excluding steroid dienone is 4. The first kappa shape index (κ1) is 118. The van der Waals surface area contributed by atoms with Crippen molar-refractivity contribution < 1.29 is 232 Å². The third kappa shape index (κ3) is 23.0. The van der Waals surface area contributed by atoms with E-state index in [0.717, 1.165) is 0 Å². The van der Waals surface area contributed by atoms with E-state index in [1.807, 2.05) is 20.8 Å². The molecule has 8 saturated heterocycles. The number of carbonyl (C=O) groups is 4. The molecule has 50 unspecified atom stereocenters. The van der Waals surface area contributed by atoms with Gasteiger partial charge in [0.15, 0.2) is 56.2 Å². The summed E-state index contributed by atoms with van der Waals surface area (Å²) in [5.41, 5.74) is -9.27. The van der Waals surface area contributed by atoms with Gasteiger partial charge < -0.3 is 218 Å². The van der Waals surface area contributed by atoms with Crippen LogP contribution in [0, 0.1) is 50.2 Å². The van der Waals surface area contributed by atoms with Crippen LogP contribution in [0.2, 0.25) is 0 Å². The summed E-state index contributed by atoms with van der Waals surface area (Å²) in [4.78, 5) is 58.4. The molecule has 50 atom stereocenters. The van der Waals surface area contributed by atoms with Gasteiger partial charge in [0, 0.05) is 18.8 Å². The van der Waals surface area contributed by atoms with Crippen LogP contribution >= 0.6 is 0 Å². The van der Waals surface area contributed by atoms with Gasteiger partial charge in [-0.3, -0.25) is 9.59 Å². The second-order valence-electron chi connectivity index (χ2n) is 44.2. The molecule has 48 nitrogen and oxygen atoms in total. The number of amides is 1. The molecule has 0 aromatic carbocycles. The second-order valence-corrected chi connectivity index (χ2v) is 44.2. The van der Waals surface area contributed by atoms with Crippen LogP contribution in [0.4, 0.5) is 0 Å². The van der Waals surface area contributed by atoms with Crippen LogP contribution in [-0.2, 0) is 104 Å². The van der Waals surface area contributed by atoms with Crippen molar-refractivity contribution in [1.82, 2.24) is 5.32 Å². The molecule has 13 aliphatic rings. The fourth-order valence-electron chi connectivity index (χ4n) is 24.7. The fraction of sp³-hybridized carbons (Fsp3) is 0.857. The molecule has 48 heteroatoms. The largest absolute Gasteiger partial charge is 0.458 e. The van der Waals surface area contributed by atoms with Gasteiger partial charge in [-0.1, -0.05) is 84.4 Å². The van der Waals surface area contributed by atoms with Crippen molar-refractivity contribution in [1.29, 1.82) is 0 Å². The van der Waals surface area contributed by atoms with E-state index in [-0.39, 0.29) is 61.5 Å². The molecule has 12 fully saturated rings. The van der Waals surface area contributed by atoms with Gasteiger partial charge in [-0.2, -0.15) is 0 Å². The molecular weight excluding hydrogens is 1940 g/mol. The van der Waals surface area contributed by atoms with Crippen molar-refractivity contribution in [3.05, 3.63) is 60.3 Å². The molecule has 8 aliphatic heterocycles. The quantitative estimate of drug-likeness (QED) is 0.00911. The first-order chi connectivity index (χ1) is 68.5. The number of fused-ring (bicyclic) bond motifs is 7. The molecular formula is C98H155NO47. The Kier molecular flexibility index (Phi) is 38.0. The number of nitrogens with one attached hydrogen (secondary N) is 1. The van der Waals surface area contributed by atoms with E-state index in [1.165, 1.54) is 52.0 Å².